The van der Waals surface area contributed by atoms with Crippen LogP contribution in [0.5, 0.6) is 0 Å². The molecule has 1 heterocycles. The molecule has 0 unspecified atom stereocenters. The summed E-state index contributed by atoms with van der Waals surface area (Å²) in [5.41, 5.74) is -0.0593. The standard InChI is InChI=1S/C15H8ClF4N3/c16-9-5-1-2-7-11(9)21-13-8-4-3-6-10(17)12(8)22-14(23-13)15(18,19)20/h1-7H,(H,21,22,23). The molecule has 0 saturated heterocycles. The van der Waals surface area contributed by atoms with E-state index < -0.39 is 23.3 Å². The van der Waals surface area contributed by atoms with Crippen molar-refractivity contribution in [3.8, 4) is 0 Å². The highest BCUT2D eigenvalue weighted by Crippen LogP contribution is 2.33. The molecule has 0 atom stereocenters. The molecule has 0 spiro atoms. The van der Waals surface area contributed by atoms with Crippen molar-refractivity contribution in [3.63, 3.8) is 0 Å². The van der Waals surface area contributed by atoms with Crippen LogP contribution in [0, 0.1) is 5.82 Å². The van der Waals surface area contributed by atoms with E-state index in [9.17, 15) is 17.6 Å². The number of benzene rings is 2. The average Bonchev–Trinajstić information content (AvgIpc) is 2.49. The number of anilines is 2. The predicted octanol–water partition coefficient (Wildman–Crippen LogP) is 5.18. The number of rotatable bonds is 2. The summed E-state index contributed by atoms with van der Waals surface area (Å²) < 4.78 is 52.7. The Balaban J connectivity index is 2.22. The molecular weight excluding hydrogens is 334 g/mol. The first-order valence-corrected chi connectivity index (χ1v) is 6.79. The molecule has 23 heavy (non-hydrogen) atoms. The third-order valence-electron chi connectivity index (χ3n) is 3.06. The van der Waals surface area contributed by atoms with Gasteiger partial charge in [-0.3, -0.25) is 0 Å². The second-order valence-electron chi connectivity index (χ2n) is 4.63. The monoisotopic (exact) mass is 341 g/mol. The van der Waals surface area contributed by atoms with Crippen molar-refractivity contribution in [2.75, 3.05) is 5.32 Å². The lowest BCUT2D eigenvalue weighted by atomic mass is 10.2. The first kappa shape index (κ1) is 15.5. The van der Waals surface area contributed by atoms with Crippen LogP contribution in [0.25, 0.3) is 10.9 Å². The van der Waals surface area contributed by atoms with Gasteiger partial charge in [-0.1, -0.05) is 29.8 Å². The topological polar surface area (TPSA) is 37.8 Å². The van der Waals surface area contributed by atoms with Gasteiger partial charge in [0.1, 0.15) is 17.2 Å². The Labute approximate surface area is 132 Å². The second kappa shape index (κ2) is 5.66. The van der Waals surface area contributed by atoms with Crippen molar-refractivity contribution in [2.45, 2.75) is 6.18 Å². The van der Waals surface area contributed by atoms with Crippen LogP contribution in [-0.4, -0.2) is 9.97 Å². The van der Waals surface area contributed by atoms with E-state index in [1.807, 2.05) is 0 Å². The van der Waals surface area contributed by atoms with Crippen LogP contribution in [0.3, 0.4) is 0 Å². The van der Waals surface area contributed by atoms with Crippen LogP contribution in [0.15, 0.2) is 42.5 Å². The molecule has 2 aromatic carbocycles. The van der Waals surface area contributed by atoms with Gasteiger partial charge in [0.2, 0.25) is 5.82 Å². The number of halogens is 5. The fourth-order valence-electron chi connectivity index (χ4n) is 2.03. The zero-order valence-electron chi connectivity index (χ0n) is 11.3. The van der Waals surface area contributed by atoms with E-state index >= 15 is 0 Å². The van der Waals surface area contributed by atoms with E-state index in [4.69, 9.17) is 11.6 Å². The highest BCUT2D eigenvalue weighted by atomic mass is 35.5. The number of hydrogen-bond acceptors (Lipinski definition) is 3. The van der Waals surface area contributed by atoms with E-state index in [1.54, 1.807) is 24.3 Å². The summed E-state index contributed by atoms with van der Waals surface area (Å²) in [6.07, 6.45) is -4.80. The van der Waals surface area contributed by atoms with Gasteiger partial charge >= 0.3 is 6.18 Å². The van der Waals surface area contributed by atoms with Gasteiger partial charge < -0.3 is 5.32 Å². The Morgan fingerprint density at radius 1 is 0.957 bits per heavy atom. The summed E-state index contributed by atoms with van der Waals surface area (Å²) in [5.74, 6) is -2.46. The highest BCUT2D eigenvalue weighted by Gasteiger charge is 2.36. The van der Waals surface area contributed by atoms with E-state index in [-0.39, 0.29) is 11.2 Å². The van der Waals surface area contributed by atoms with Crippen LogP contribution >= 0.6 is 11.6 Å². The van der Waals surface area contributed by atoms with Crippen molar-refractivity contribution in [3.05, 3.63) is 59.1 Å². The molecule has 0 aliphatic carbocycles. The summed E-state index contributed by atoms with van der Waals surface area (Å²) in [6, 6.07) is 10.3. The number of fused-ring (bicyclic) bond motifs is 1. The van der Waals surface area contributed by atoms with Crippen LogP contribution in [-0.2, 0) is 6.18 Å². The van der Waals surface area contributed by atoms with Crippen molar-refractivity contribution >= 4 is 34.0 Å². The number of nitrogens with one attached hydrogen (secondary N) is 1. The summed E-state index contributed by atoms with van der Waals surface area (Å²) in [7, 11) is 0. The van der Waals surface area contributed by atoms with Gasteiger partial charge in [0.15, 0.2) is 0 Å². The summed E-state index contributed by atoms with van der Waals surface area (Å²) in [5, 5.41) is 3.12. The Morgan fingerprint density at radius 3 is 2.39 bits per heavy atom. The van der Waals surface area contributed by atoms with Gasteiger partial charge in [-0.25, -0.2) is 14.4 Å². The van der Waals surface area contributed by atoms with Gasteiger partial charge in [-0.15, -0.1) is 0 Å². The molecule has 118 valence electrons. The van der Waals surface area contributed by atoms with Crippen molar-refractivity contribution in [1.82, 2.24) is 9.97 Å². The molecule has 0 bridgehead atoms. The summed E-state index contributed by atoms with van der Waals surface area (Å²) >= 11 is 5.98. The van der Waals surface area contributed by atoms with Gasteiger partial charge in [0.25, 0.3) is 0 Å². The van der Waals surface area contributed by atoms with Gasteiger partial charge in [-0.05, 0) is 24.3 Å². The Kier molecular flexibility index (Phi) is 3.81. The van der Waals surface area contributed by atoms with Crippen LogP contribution in [0.4, 0.5) is 29.1 Å². The minimum atomic E-state index is -4.80. The predicted molar refractivity (Wildman–Crippen MR) is 79.2 cm³/mol. The molecular formula is C15H8ClF4N3. The number of para-hydroxylation sites is 2. The molecule has 1 N–H and O–H groups in total. The lowest BCUT2D eigenvalue weighted by Gasteiger charge is -2.13. The van der Waals surface area contributed by atoms with Crippen molar-refractivity contribution in [1.29, 1.82) is 0 Å². The minimum Gasteiger partial charge on any atom is -0.338 e. The van der Waals surface area contributed by atoms with E-state index in [2.05, 4.69) is 15.3 Å². The maximum Gasteiger partial charge on any atom is 0.451 e. The van der Waals surface area contributed by atoms with Crippen molar-refractivity contribution in [2.24, 2.45) is 0 Å². The zero-order chi connectivity index (χ0) is 16.6. The summed E-state index contributed by atoms with van der Waals surface area (Å²) in [6.45, 7) is 0. The molecule has 3 nitrogen and oxygen atoms in total. The SMILES string of the molecule is Fc1cccc2c(Nc3ccccc3Cl)nc(C(F)(F)F)nc12. The molecule has 0 amide bonds. The first-order valence-electron chi connectivity index (χ1n) is 6.41. The minimum absolute atomic E-state index is 0.123. The molecule has 0 fully saturated rings. The maximum atomic E-state index is 13.8. The highest BCUT2D eigenvalue weighted by molar-refractivity contribution is 6.33. The van der Waals surface area contributed by atoms with E-state index in [1.165, 1.54) is 12.1 Å². The molecule has 8 heteroatoms. The molecule has 3 rings (SSSR count). The van der Waals surface area contributed by atoms with Gasteiger partial charge in [-0.2, -0.15) is 13.2 Å². The molecule has 1 aromatic heterocycles. The quantitative estimate of drug-likeness (QED) is 0.652. The average molecular weight is 342 g/mol. The Morgan fingerprint density at radius 2 is 1.70 bits per heavy atom. The fourth-order valence-corrected chi connectivity index (χ4v) is 2.21. The molecule has 0 aliphatic heterocycles. The lowest BCUT2D eigenvalue weighted by Crippen LogP contribution is -2.13. The largest absolute Gasteiger partial charge is 0.451 e. The van der Waals surface area contributed by atoms with Gasteiger partial charge in [0, 0.05) is 5.39 Å². The molecule has 3 aromatic rings. The number of nitrogens with zero attached hydrogens (tertiary/aromatic N) is 2. The molecule has 0 aliphatic rings. The van der Waals surface area contributed by atoms with Crippen molar-refractivity contribution < 1.29 is 17.6 Å². The van der Waals surface area contributed by atoms with Crippen LogP contribution < -0.4 is 5.32 Å². The van der Waals surface area contributed by atoms with E-state index in [0.717, 1.165) is 6.07 Å². The number of alkyl halides is 3. The fraction of sp³-hybridized carbons (Fsp3) is 0.0667. The van der Waals surface area contributed by atoms with Crippen LogP contribution in [0.2, 0.25) is 5.02 Å². The normalized spacial score (nSPS) is 11.7. The zero-order valence-corrected chi connectivity index (χ0v) is 12.1. The Hall–Kier alpha value is -2.41. The van der Waals surface area contributed by atoms with Crippen LogP contribution in [0.1, 0.15) is 5.82 Å². The summed E-state index contributed by atoms with van der Waals surface area (Å²) in [4.78, 5) is 6.76. The number of aromatic nitrogens is 2. The lowest BCUT2D eigenvalue weighted by molar-refractivity contribution is -0.144. The number of hydrogen-bond donors (Lipinski definition) is 1. The molecule has 0 radical (unpaired) electrons. The molecule has 0 saturated carbocycles. The maximum absolute atomic E-state index is 13.8. The van der Waals surface area contributed by atoms with E-state index in [0.29, 0.717) is 10.7 Å². The smallest absolute Gasteiger partial charge is 0.338 e. The van der Waals surface area contributed by atoms with Gasteiger partial charge in [0.05, 0.1) is 10.7 Å². The first-order chi connectivity index (χ1) is 10.9. The second-order valence-corrected chi connectivity index (χ2v) is 5.04. The Bertz CT molecular complexity index is 880. The third kappa shape index (κ3) is 3.05. The third-order valence-corrected chi connectivity index (χ3v) is 3.39.